The van der Waals surface area contributed by atoms with E-state index < -0.39 is 0 Å². The predicted molar refractivity (Wildman–Crippen MR) is 93.1 cm³/mol. The lowest BCUT2D eigenvalue weighted by atomic mass is 9.97. The molecule has 2 atom stereocenters. The molecule has 2 aromatic rings. The van der Waals surface area contributed by atoms with Crippen LogP contribution >= 0.6 is 0 Å². The summed E-state index contributed by atoms with van der Waals surface area (Å²) in [6.45, 7) is 5.65. The lowest BCUT2D eigenvalue weighted by Crippen LogP contribution is -2.50. The molecule has 0 aliphatic carbocycles. The molecule has 2 fully saturated rings. The third-order valence-corrected chi connectivity index (χ3v) is 5.11. The van der Waals surface area contributed by atoms with Gasteiger partial charge in [0.1, 0.15) is 18.0 Å². The zero-order valence-electron chi connectivity index (χ0n) is 14.2. The van der Waals surface area contributed by atoms with E-state index in [1.807, 2.05) is 0 Å². The van der Waals surface area contributed by atoms with Gasteiger partial charge in [0.05, 0.1) is 30.7 Å². The first kappa shape index (κ1) is 16.6. The molecule has 7 heteroatoms. The first-order valence-corrected chi connectivity index (χ1v) is 8.85. The molecule has 25 heavy (non-hydrogen) atoms. The maximum Gasteiger partial charge on any atom is 0.140 e. The fourth-order valence-corrected chi connectivity index (χ4v) is 3.76. The van der Waals surface area contributed by atoms with Gasteiger partial charge in [-0.1, -0.05) is 6.07 Å². The van der Waals surface area contributed by atoms with Crippen LogP contribution in [0.15, 0.2) is 24.5 Å². The van der Waals surface area contributed by atoms with Crippen LogP contribution in [0.2, 0.25) is 0 Å². The van der Waals surface area contributed by atoms with Crippen molar-refractivity contribution in [3.63, 3.8) is 0 Å². The van der Waals surface area contributed by atoms with Crippen LogP contribution in [0.1, 0.15) is 6.42 Å². The van der Waals surface area contributed by atoms with Crippen molar-refractivity contribution in [3.05, 3.63) is 30.3 Å². The average molecular weight is 346 g/mol. The van der Waals surface area contributed by atoms with Gasteiger partial charge in [0.25, 0.3) is 0 Å². The Labute approximate surface area is 146 Å². The standard InChI is InChI=1S/C18H23FN4O2/c19-14-2-1-3-15-17(14)18(22-12-21-15)20-10-16(13-4-7-25-11-13)23-5-8-24-9-6-23/h1-3,12-13,16H,4-11H2,(H,20,21,22)/t13-,16+/m0/s1. The highest BCUT2D eigenvalue weighted by atomic mass is 19.1. The number of hydrogen-bond donors (Lipinski definition) is 1. The molecule has 0 radical (unpaired) electrons. The van der Waals surface area contributed by atoms with Gasteiger partial charge in [0.2, 0.25) is 0 Å². The molecule has 2 aliphatic heterocycles. The highest BCUT2D eigenvalue weighted by molar-refractivity contribution is 5.89. The summed E-state index contributed by atoms with van der Waals surface area (Å²) in [6.07, 6.45) is 2.54. The number of aromatic nitrogens is 2. The van der Waals surface area contributed by atoms with Crippen LogP contribution in [0, 0.1) is 11.7 Å². The molecule has 0 unspecified atom stereocenters. The summed E-state index contributed by atoms with van der Waals surface area (Å²) in [5.74, 6) is 0.733. The van der Waals surface area contributed by atoms with Crippen molar-refractivity contribution in [2.45, 2.75) is 12.5 Å². The zero-order chi connectivity index (χ0) is 17.1. The van der Waals surface area contributed by atoms with Crippen molar-refractivity contribution in [2.75, 3.05) is 51.4 Å². The minimum Gasteiger partial charge on any atom is -0.381 e. The molecule has 3 heterocycles. The van der Waals surface area contributed by atoms with Gasteiger partial charge < -0.3 is 14.8 Å². The van der Waals surface area contributed by atoms with E-state index in [2.05, 4.69) is 20.2 Å². The first-order chi connectivity index (χ1) is 12.3. The monoisotopic (exact) mass is 346 g/mol. The minimum atomic E-state index is -0.298. The molecule has 2 saturated heterocycles. The number of nitrogens with zero attached hydrogens (tertiary/aromatic N) is 3. The minimum absolute atomic E-state index is 0.298. The quantitative estimate of drug-likeness (QED) is 0.893. The average Bonchev–Trinajstić information content (AvgIpc) is 3.17. The highest BCUT2D eigenvalue weighted by Gasteiger charge is 2.31. The number of morpholine rings is 1. The van der Waals surface area contributed by atoms with Crippen molar-refractivity contribution >= 4 is 16.7 Å². The molecule has 2 aliphatic rings. The molecule has 0 bridgehead atoms. The van der Waals surface area contributed by atoms with E-state index in [1.54, 1.807) is 12.1 Å². The van der Waals surface area contributed by atoms with Crippen LogP contribution in [-0.4, -0.2) is 67.0 Å². The molecular formula is C18H23FN4O2. The lowest BCUT2D eigenvalue weighted by Gasteiger charge is -2.37. The van der Waals surface area contributed by atoms with Gasteiger partial charge in [0.15, 0.2) is 0 Å². The largest absolute Gasteiger partial charge is 0.381 e. The second-order valence-corrected chi connectivity index (χ2v) is 6.58. The Hall–Kier alpha value is -1.83. The summed E-state index contributed by atoms with van der Waals surface area (Å²) in [4.78, 5) is 10.9. The summed E-state index contributed by atoms with van der Waals surface area (Å²) in [5.41, 5.74) is 0.615. The number of nitrogens with one attached hydrogen (secondary N) is 1. The lowest BCUT2D eigenvalue weighted by molar-refractivity contribution is 0.00460. The van der Waals surface area contributed by atoms with E-state index in [9.17, 15) is 4.39 Å². The summed E-state index contributed by atoms with van der Waals surface area (Å²) >= 11 is 0. The molecule has 6 nitrogen and oxygen atoms in total. The Morgan fingerprint density at radius 3 is 2.88 bits per heavy atom. The Morgan fingerprint density at radius 2 is 2.08 bits per heavy atom. The van der Waals surface area contributed by atoms with Gasteiger partial charge >= 0.3 is 0 Å². The van der Waals surface area contributed by atoms with Crippen molar-refractivity contribution in [3.8, 4) is 0 Å². The number of anilines is 1. The zero-order valence-corrected chi connectivity index (χ0v) is 14.2. The second kappa shape index (κ2) is 7.59. The van der Waals surface area contributed by atoms with E-state index >= 15 is 0 Å². The number of ether oxygens (including phenoxy) is 2. The Morgan fingerprint density at radius 1 is 1.20 bits per heavy atom. The molecule has 1 N–H and O–H groups in total. The van der Waals surface area contributed by atoms with Crippen molar-refractivity contribution in [1.29, 1.82) is 0 Å². The normalized spacial score (nSPS) is 23.0. The number of halogens is 1. The van der Waals surface area contributed by atoms with Crippen molar-refractivity contribution in [1.82, 2.24) is 14.9 Å². The molecule has 4 rings (SSSR count). The fraction of sp³-hybridized carbons (Fsp3) is 0.556. The predicted octanol–water partition coefficient (Wildman–Crippen LogP) is 1.92. The van der Waals surface area contributed by atoms with Gasteiger partial charge in [-0.3, -0.25) is 4.90 Å². The summed E-state index contributed by atoms with van der Waals surface area (Å²) in [5, 5.41) is 3.83. The second-order valence-electron chi connectivity index (χ2n) is 6.58. The smallest absolute Gasteiger partial charge is 0.140 e. The summed E-state index contributed by atoms with van der Waals surface area (Å²) in [6, 6.07) is 5.24. The molecule has 0 saturated carbocycles. The summed E-state index contributed by atoms with van der Waals surface area (Å²) in [7, 11) is 0. The number of rotatable bonds is 5. The molecule has 134 valence electrons. The molecule has 1 aromatic heterocycles. The van der Waals surface area contributed by atoms with Gasteiger partial charge in [0, 0.05) is 38.2 Å². The first-order valence-electron chi connectivity index (χ1n) is 8.85. The Kier molecular flexibility index (Phi) is 5.05. The van der Waals surface area contributed by atoms with Crippen molar-refractivity contribution < 1.29 is 13.9 Å². The maximum absolute atomic E-state index is 14.3. The topological polar surface area (TPSA) is 59.5 Å². The van der Waals surface area contributed by atoms with E-state index in [0.717, 1.165) is 45.9 Å². The number of benzene rings is 1. The fourth-order valence-electron chi connectivity index (χ4n) is 3.76. The molecule has 1 aromatic carbocycles. The third-order valence-electron chi connectivity index (χ3n) is 5.11. The van der Waals surface area contributed by atoms with Crippen LogP contribution in [0.25, 0.3) is 10.9 Å². The molecule has 0 spiro atoms. The van der Waals surface area contributed by atoms with Gasteiger partial charge in [-0.05, 0) is 18.6 Å². The Balaban J connectivity index is 1.54. The van der Waals surface area contributed by atoms with E-state index in [4.69, 9.17) is 9.47 Å². The molecular weight excluding hydrogens is 323 g/mol. The van der Waals surface area contributed by atoms with Crippen LogP contribution in [0.5, 0.6) is 0 Å². The molecule has 0 amide bonds. The van der Waals surface area contributed by atoms with Crippen LogP contribution in [0.4, 0.5) is 10.2 Å². The van der Waals surface area contributed by atoms with Crippen LogP contribution < -0.4 is 5.32 Å². The van der Waals surface area contributed by atoms with E-state index in [-0.39, 0.29) is 5.82 Å². The van der Waals surface area contributed by atoms with Gasteiger partial charge in [-0.15, -0.1) is 0 Å². The maximum atomic E-state index is 14.3. The van der Waals surface area contributed by atoms with Crippen molar-refractivity contribution in [2.24, 2.45) is 5.92 Å². The Bertz CT molecular complexity index is 712. The summed E-state index contributed by atoms with van der Waals surface area (Å²) < 4.78 is 25.3. The highest BCUT2D eigenvalue weighted by Crippen LogP contribution is 2.25. The third kappa shape index (κ3) is 3.58. The van der Waals surface area contributed by atoms with Crippen LogP contribution in [0.3, 0.4) is 0 Å². The van der Waals surface area contributed by atoms with Gasteiger partial charge in [-0.25, -0.2) is 14.4 Å². The van der Waals surface area contributed by atoms with E-state index in [0.29, 0.717) is 35.2 Å². The number of hydrogen-bond acceptors (Lipinski definition) is 6. The van der Waals surface area contributed by atoms with Crippen LogP contribution in [-0.2, 0) is 9.47 Å². The van der Waals surface area contributed by atoms with Gasteiger partial charge in [-0.2, -0.15) is 0 Å². The SMILES string of the molecule is Fc1cccc2ncnc(NC[C@H]([C@H]3CCOC3)N3CCOCC3)c12. The number of fused-ring (bicyclic) bond motifs is 1. The van der Waals surface area contributed by atoms with E-state index in [1.165, 1.54) is 12.4 Å².